The van der Waals surface area contributed by atoms with Crippen LogP contribution >= 0.6 is 24.0 Å². The minimum Gasteiger partial charge on any atom is -0.355 e. The summed E-state index contributed by atoms with van der Waals surface area (Å²) in [6.07, 6.45) is 3.88. The Bertz CT molecular complexity index is 480. The van der Waals surface area contributed by atoms with Gasteiger partial charge in [-0.1, -0.05) is 37.6 Å². The SMILES string of the molecule is CCC(CC)(CNC(=O)C1CCNCC1)c1ccc(Cl)cc1.Cl. The first-order valence-electron chi connectivity index (χ1n) is 8.36. The van der Waals surface area contributed by atoms with Crippen molar-refractivity contribution in [3.63, 3.8) is 0 Å². The Morgan fingerprint density at radius 1 is 1.22 bits per heavy atom. The number of halogens is 2. The Morgan fingerprint density at radius 3 is 2.30 bits per heavy atom. The van der Waals surface area contributed by atoms with Crippen molar-refractivity contribution in [1.82, 2.24) is 10.6 Å². The Hall–Kier alpha value is -0.770. The van der Waals surface area contributed by atoms with Crippen LogP contribution in [0.5, 0.6) is 0 Å². The highest BCUT2D eigenvalue weighted by Gasteiger charge is 2.30. The molecule has 0 saturated carbocycles. The molecule has 3 nitrogen and oxygen atoms in total. The molecule has 0 bridgehead atoms. The van der Waals surface area contributed by atoms with E-state index in [9.17, 15) is 4.79 Å². The van der Waals surface area contributed by atoms with E-state index in [1.54, 1.807) is 0 Å². The van der Waals surface area contributed by atoms with Gasteiger partial charge in [0.15, 0.2) is 0 Å². The zero-order valence-corrected chi connectivity index (χ0v) is 15.6. The molecule has 0 unspecified atom stereocenters. The van der Waals surface area contributed by atoms with Gasteiger partial charge in [0, 0.05) is 22.9 Å². The van der Waals surface area contributed by atoms with E-state index in [-0.39, 0.29) is 29.6 Å². The summed E-state index contributed by atoms with van der Waals surface area (Å²) in [4.78, 5) is 12.4. The predicted octanol–water partition coefficient (Wildman–Crippen LogP) is 3.94. The van der Waals surface area contributed by atoms with Gasteiger partial charge >= 0.3 is 0 Å². The number of hydrogen-bond donors (Lipinski definition) is 2. The fraction of sp³-hybridized carbons (Fsp3) is 0.611. The molecule has 1 aromatic carbocycles. The lowest BCUT2D eigenvalue weighted by Gasteiger charge is -2.33. The maximum Gasteiger partial charge on any atom is 0.223 e. The zero-order chi connectivity index (χ0) is 16.0. The topological polar surface area (TPSA) is 41.1 Å². The number of rotatable bonds is 6. The number of hydrogen-bond acceptors (Lipinski definition) is 2. The standard InChI is InChI=1S/C18H27ClN2O.ClH/c1-3-18(4-2,15-5-7-16(19)8-6-15)13-21-17(22)14-9-11-20-12-10-14;/h5-8,14,20H,3-4,9-13H2,1-2H3,(H,21,22);1H. The molecule has 0 atom stereocenters. The van der Waals surface area contributed by atoms with Crippen LogP contribution in [-0.4, -0.2) is 25.5 Å². The number of amides is 1. The van der Waals surface area contributed by atoms with E-state index in [2.05, 4.69) is 36.6 Å². The molecule has 1 fully saturated rings. The molecular formula is C18H28Cl2N2O. The molecule has 2 N–H and O–H groups in total. The summed E-state index contributed by atoms with van der Waals surface area (Å²) < 4.78 is 0. The molecule has 1 aliphatic heterocycles. The molecule has 0 radical (unpaired) electrons. The van der Waals surface area contributed by atoms with Crippen molar-refractivity contribution in [2.75, 3.05) is 19.6 Å². The lowest BCUT2D eigenvalue weighted by molar-refractivity contribution is -0.126. The Labute approximate surface area is 151 Å². The second-order valence-corrected chi connectivity index (χ2v) is 6.67. The fourth-order valence-electron chi connectivity index (χ4n) is 3.30. The molecule has 1 amide bonds. The minimum atomic E-state index is -0.00678. The Kier molecular flexibility index (Phi) is 8.38. The van der Waals surface area contributed by atoms with Gasteiger partial charge in [-0.25, -0.2) is 0 Å². The fourth-order valence-corrected chi connectivity index (χ4v) is 3.42. The first-order valence-corrected chi connectivity index (χ1v) is 8.73. The van der Waals surface area contributed by atoms with Crippen LogP contribution in [-0.2, 0) is 10.2 Å². The largest absolute Gasteiger partial charge is 0.355 e. The van der Waals surface area contributed by atoms with Crippen LogP contribution in [0, 0.1) is 5.92 Å². The Morgan fingerprint density at radius 2 is 1.78 bits per heavy atom. The molecule has 1 saturated heterocycles. The van der Waals surface area contributed by atoms with Gasteiger partial charge in [-0.3, -0.25) is 4.79 Å². The minimum absolute atomic E-state index is 0. The molecule has 5 heteroatoms. The summed E-state index contributed by atoms with van der Waals surface area (Å²) >= 11 is 6.00. The molecule has 23 heavy (non-hydrogen) atoms. The van der Waals surface area contributed by atoms with Gasteiger partial charge in [-0.15, -0.1) is 12.4 Å². The average Bonchev–Trinajstić information content (AvgIpc) is 2.58. The normalized spacial score (nSPS) is 15.8. The average molecular weight is 359 g/mol. The number of carbonyl (C=O) groups is 1. The van der Waals surface area contributed by atoms with Gasteiger partial charge in [0.05, 0.1) is 0 Å². The molecular weight excluding hydrogens is 331 g/mol. The van der Waals surface area contributed by atoms with E-state index in [1.807, 2.05) is 12.1 Å². The maximum atomic E-state index is 12.4. The summed E-state index contributed by atoms with van der Waals surface area (Å²) in [6, 6.07) is 8.05. The summed E-state index contributed by atoms with van der Waals surface area (Å²) in [5.74, 6) is 0.375. The van der Waals surface area contributed by atoms with Crippen LogP contribution in [0.15, 0.2) is 24.3 Å². The van der Waals surface area contributed by atoms with E-state index < -0.39 is 0 Å². The van der Waals surface area contributed by atoms with Crippen LogP contribution in [0.4, 0.5) is 0 Å². The highest BCUT2D eigenvalue weighted by atomic mass is 35.5. The van der Waals surface area contributed by atoms with Gasteiger partial charge in [-0.05, 0) is 56.5 Å². The van der Waals surface area contributed by atoms with Gasteiger partial charge in [0.1, 0.15) is 0 Å². The third kappa shape index (κ3) is 5.10. The number of carbonyl (C=O) groups excluding carboxylic acids is 1. The van der Waals surface area contributed by atoms with E-state index in [4.69, 9.17) is 11.6 Å². The van der Waals surface area contributed by atoms with Crippen LogP contribution in [0.1, 0.15) is 45.1 Å². The third-order valence-electron chi connectivity index (χ3n) is 5.12. The first kappa shape index (κ1) is 20.3. The van der Waals surface area contributed by atoms with Gasteiger partial charge in [0.25, 0.3) is 0 Å². The van der Waals surface area contributed by atoms with E-state index >= 15 is 0 Å². The molecule has 0 spiro atoms. The predicted molar refractivity (Wildman–Crippen MR) is 99.6 cm³/mol. The highest BCUT2D eigenvalue weighted by Crippen LogP contribution is 2.32. The third-order valence-corrected chi connectivity index (χ3v) is 5.37. The smallest absolute Gasteiger partial charge is 0.223 e. The van der Waals surface area contributed by atoms with E-state index in [0.717, 1.165) is 43.8 Å². The number of benzene rings is 1. The monoisotopic (exact) mass is 358 g/mol. The molecule has 130 valence electrons. The van der Waals surface area contributed by atoms with Crippen molar-refractivity contribution in [2.24, 2.45) is 5.92 Å². The van der Waals surface area contributed by atoms with Gasteiger partial charge < -0.3 is 10.6 Å². The highest BCUT2D eigenvalue weighted by molar-refractivity contribution is 6.30. The van der Waals surface area contributed by atoms with E-state index in [1.165, 1.54) is 5.56 Å². The molecule has 0 aromatic heterocycles. The van der Waals surface area contributed by atoms with Crippen molar-refractivity contribution in [2.45, 2.75) is 44.9 Å². The molecule has 0 aliphatic carbocycles. The summed E-state index contributed by atoms with van der Waals surface area (Å²) in [6.45, 7) is 6.97. The van der Waals surface area contributed by atoms with E-state index in [0.29, 0.717) is 6.54 Å². The van der Waals surface area contributed by atoms with Crippen molar-refractivity contribution in [3.05, 3.63) is 34.9 Å². The zero-order valence-electron chi connectivity index (χ0n) is 14.0. The van der Waals surface area contributed by atoms with Crippen LogP contribution in [0.2, 0.25) is 5.02 Å². The van der Waals surface area contributed by atoms with Crippen molar-refractivity contribution in [3.8, 4) is 0 Å². The van der Waals surface area contributed by atoms with Crippen molar-refractivity contribution in [1.29, 1.82) is 0 Å². The van der Waals surface area contributed by atoms with Crippen molar-refractivity contribution >= 4 is 29.9 Å². The van der Waals surface area contributed by atoms with Crippen LogP contribution in [0.3, 0.4) is 0 Å². The molecule has 1 aliphatic rings. The van der Waals surface area contributed by atoms with Gasteiger partial charge in [0.2, 0.25) is 5.91 Å². The summed E-state index contributed by atoms with van der Waals surface area (Å²) in [5.41, 5.74) is 1.25. The number of piperidine rings is 1. The van der Waals surface area contributed by atoms with Gasteiger partial charge in [-0.2, -0.15) is 0 Å². The maximum absolute atomic E-state index is 12.4. The number of nitrogens with one attached hydrogen (secondary N) is 2. The first-order chi connectivity index (χ1) is 10.6. The summed E-state index contributed by atoms with van der Waals surface area (Å²) in [5, 5.41) is 7.26. The Balaban J connectivity index is 0.00000264. The second kappa shape index (κ2) is 9.51. The molecule has 1 aromatic rings. The summed E-state index contributed by atoms with van der Waals surface area (Å²) in [7, 11) is 0. The quantitative estimate of drug-likeness (QED) is 0.808. The second-order valence-electron chi connectivity index (χ2n) is 6.24. The van der Waals surface area contributed by atoms with Crippen LogP contribution < -0.4 is 10.6 Å². The molecule has 1 heterocycles. The van der Waals surface area contributed by atoms with Crippen molar-refractivity contribution < 1.29 is 4.79 Å². The lowest BCUT2D eigenvalue weighted by atomic mass is 9.75. The molecule has 2 rings (SSSR count). The lowest BCUT2D eigenvalue weighted by Crippen LogP contribution is -2.44. The van der Waals surface area contributed by atoms with Crippen LogP contribution in [0.25, 0.3) is 0 Å².